The predicted octanol–water partition coefficient (Wildman–Crippen LogP) is 7.26. The minimum Gasteiger partial charge on any atom is -0.342 e. The van der Waals surface area contributed by atoms with Gasteiger partial charge in [-0.25, -0.2) is 4.99 Å². The molecule has 0 unspecified atom stereocenters. The molecule has 3 aromatic rings. The average Bonchev–Trinajstić information content (AvgIpc) is 3.09. The first-order chi connectivity index (χ1) is 23.3. The van der Waals surface area contributed by atoms with E-state index in [1.807, 2.05) is 24.2 Å². The van der Waals surface area contributed by atoms with E-state index >= 15 is 0 Å². The van der Waals surface area contributed by atoms with E-state index in [4.69, 9.17) is 20.7 Å². The van der Waals surface area contributed by atoms with E-state index in [1.54, 1.807) is 0 Å². The molecular formula is C40H54N8. The van der Waals surface area contributed by atoms with Crippen molar-refractivity contribution in [2.75, 3.05) is 39.8 Å². The number of allylic oxidation sites excluding steroid dienone is 2. The maximum absolute atomic E-state index is 6.23. The fourth-order valence-electron chi connectivity index (χ4n) is 6.59. The Labute approximate surface area is 287 Å². The van der Waals surface area contributed by atoms with Crippen LogP contribution in [0.4, 0.5) is 0 Å². The predicted molar refractivity (Wildman–Crippen MR) is 204 cm³/mol. The number of hydrogen-bond acceptors (Lipinski definition) is 6. The summed E-state index contributed by atoms with van der Waals surface area (Å²) in [5, 5.41) is 5.92. The maximum atomic E-state index is 6.23. The molecule has 3 heterocycles. The highest BCUT2D eigenvalue weighted by molar-refractivity contribution is 6.00. The molecule has 8 nitrogen and oxygen atoms in total. The molecule has 0 radical (unpaired) electrons. The number of hydrogen-bond donors (Lipinski definition) is 2. The van der Waals surface area contributed by atoms with Crippen LogP contribution < -0.4 is 11.1 Å². The van der Waals surface area contributed by atoms with E-state index < -0.39 is 0 Å². The number of benzene rings is 2. The van der Waals surface area contributed by atoms with Gasteiger partial charge < -0.3 is 16.0 Å². The number of aromatic nitrogens is 1. The van der Waals surface area contributed by atoms with Crippen LogP contribution in [0, 0.1) is 5.92 Å². The minimum absolute atomic E-state index is 0.241. The first-order valence-electron chi connectivity index (χ1n) is 17.7. The van der Waals surface area contributed by atoms with Gasteiger partial charge in [0.25, 0.3) is 0 Å². The molecule has 3 N–H and O–H groups in total. The first kappa shape index (κ1) is 35.0. The van der Waals surface area contributed by atoms with Crippen molar-refractivity contribution in [1.29, 1.82) is 0 Å². The fourth-order valence-corrected chi connectivity index (χ4v) is 6.59. The highest BCUT2D eigenvalue weighted by atomic mass is 15.4. The molecule has 0 saturated carbocycles. The summed E-state index contributed by atoms with van der Waals surface area (Å²) in [5.41, 5.74) is 11.7. The number of nitrogens with two attached hydrogens (primary N) is 1. The molecule has 1 fully saturated rings. The molecule has 0 spiro atoms. The number of fused-ring (bicyclic) bond motifs is 1. The third-order valence-corrected chi connectivity index (χ3v) is 9.23. The van der Waals surface area contributed by atoms with Crippen LogP contribution in [-0.2, 0) is 6.54 Å². The molecule has 1 aromatic heterocycles. The molecule has 48 heavy (non-hydrogen) atoms. The van der Waals surface area contributed by atoms with Gasteiger partial charge in [0.15, 0.2) is 0 Å². The number of likely N-dealkylation sites (tertiary alicyclic amines) is 1. The van der Waals surface area contributed by atoms with Gasteiger partial charge in [0.2, 0.25) is 11.9 Å². The number of piperidine rings is 1. The van der Waals surface area contributed by atoms with E-state index in [9.17, 15) is 0 Å². The number of pyridine rings is 1. The Balaban J connectivity index is 1.44. The SMILES string of the molecule is C=C/C(=C1/NC(N2CCC(N)CC2)=NC(=NCc2ccccc2-c2nccc3cc(/C=C/CN(CCC)CCC)ccc23)N1C)C(C)C. The molecule has 2 aliphatic heterocycles. The maximum Gasteiger partial charge on any atom is 0.229 e. The van der Waals surface area contributed by atoms with Crippen molar-refractivity contribution in [2.24, 2.45) is 21.6 Å². The molecule has 0 amide bonds. The zero-order chi connectivity index (χ0) is 34.0. The lowest BCUT2D eigenvalue weighted by Gasteiger charge is -2.38. The number of guanidine groups is 2. The van der Waals surface area contributed by atoms with Crippen LogP contribution in [0.2, 0.25) is 0 Å². The minimum atomic E-state index is 0.241. The van der Waals surface area contributed by atoms with Gasteiger partial charge in [-0.2, -0.15) is 4.99 Å². The number of nitrogens with one attached hydrogen (secondary N) is 1. The van der Waals surface area contributed by atoms with E-state index in [-0.39, 0.29) is 12.0 Å². The van der Waals surface area contributed by atoms with Crippen LogP contribution in [-0.4, -0.2) is 77.4 Å². The van der Waals surface area contributed by atoms with Gasteiger partial charge in [-0.3, -0.25) is 14.8 Å². The van der Waals surface area contributed by atoms with Crippen molar-refractivity contribution in [3.63, 3.8) is 0 Å². The van der Waals surface area contributed by atoms with Crippen molar-refractivity contribution >= 4 is 28.8 Å². The van der Waals surface area contributed by atoms with Gasteiger partial charge in [0.1, 0.15) is 5.82 Å². The summed E-state index contributed by atoms with van der Waals surface area (Å²) < 4.78 is 0. The molecule has 1 saturated heterocycles. The van der Waals surface area contributed by atoms with Crippen molar-refractivity contribution in [3.8, 4) is 11.3 Å². The van der Waals surface area contributed by atoms with Crippen LogP contribution in [0.5, 0.6) is 0 Å². The number of rotatable bonds is 12. The molecule has 0 bridgehead atoms. The molecular weight excluding hydrogens is 592 g/mol. The van der Waals surface area contributed by atoms with Gasteiger partial charge in [-0.1, -0.05) is 88.9 Å². The Morgan fingerprint density at radius 1 is 1.10 bits per heavy atom. The van der Waals surface area contributed by atoms with Crippen LogP contribution in [0.15, 0.2) is 94.8 Å². The topological polar surface area (TPSA) is 85.4 Å². The summed E-state index contributed by atoms with van der Waals surface area (Å²) in [5.74, 6) is 2.75. The Bertz CT molecular complexity index is 1670. The zero-order valence-corrected chi connectivity index (χ0v) is 29.6. The molecule has 2 aromatic carbocycles. The lowest BCUT2D eigenvalue weighted by molar-refractivity contribution is 0.303. The van der Waals surface area contributed by atoms with Crippen molar-refractivity contribution < 1.29 is 0 Å². The lowest BCUT2D eigenvalue weighted by Crippen LogP contribution is -2.53. The smallest absolute Gasteiger partial charge is 0.229 e. The van der Waals surface area contributed by atoms with Gasteiger partial charge in [-0.15, -0.1) is 0 Å². The molecule has 0 aliphatic carbocycles. The van der Waals surface area contributed by atoms with Gasteiger partial charge in [0.05, 0.1) is 12.2 Å². The van der Waals surface area contributed by atoms with Crippen LogP contribution in [0.25, 0.3) is 28.1 Å². The Morgan fingerprint density at radius 2 is 1.85 bits per heavy atom. The normalized spacial score (nSPS) is 17.9. The van der Waals surface area contributed by atoms with Crippen molar-refractivity contribution in [1.82, 2.24) is 25.0 Å². The standard InChI is InChI=1S/C40H54N8/c1-7-22-47(23-8-2)24-12-13-30-16-17-36-31(27-30)18-21-42-37(36)35-15-11-10-14-32(35)28-43-39-45-40(48-25-19-33(41)20-26-48)44-38(46(39)6)34(9-3)29(4)5/h9-18,21,27,29,33H,3,7-8,19-20,22-26,28,41H2,1-2,4-6H3,(H,43,44,45)/b13-12+,38-34+. The molecule has 254 valence electrons. The third-order valence-electron chi connectivity index (χ3n) is 9.23. The highest BCUT2D eigenvalue weighted by Gasteiger charge is 2.28. The Morgan fingerprint density at radius 3 is 2.56 bits per heavy atom. The van der Waals surface area contributed by atoms with Gasteiger partial charge >= 0.3 is 0 Å². The summed E-state index contributed by atoms with van der Waals surface area (Å²) in [7, 11) is 2.02. The fraction of sp³-hybridized carbons (Fsp3) is 0.425. The number of aliphatic imine (C=N–C) groups is 2. The Kier molecular flexibility index (Phi) is 12.2. The van der Waals surface area contributed by atoms with E-state index in [1.165, 1.54) is 23.8 Å². The highest BCUT2D eigenvalue weighted by Crippen LogP contribution is 2.31. The molecule has 2 aliphatic rings. The summed E-state index contributed by atoms with van der Waals surface area (Å²) in [4.78, 5) is 21.9. The largest absolute Gasteiger partial charge is 0.342 e. The monoisotopic (exact) mass is 646 g/mol. The molecule has 0 atom stereocenters. The third kappa shape index (κ3) is 8.41. The van der Waals surface area contributed by atoms with E-state index in [0.717, 1.165) is 85.1 Å². The lowest BCUT2D eigenvalue weighted by atomic mass is 9.98. The zero-order valence-electron chi connectivity index (χ0n) is 29.6. The first-order valence-corrected chi connectivity index (χ1v) is 17.7. The molecule has 8 heteroatoms. The van der Waals surface area contributed by atoms with Gasteiger partial charge in [-0.05, 0) is 78.9 Å². The summed E-state index contributed by atoms with van der Waals surface area (Å²) in [6.45, 7) is 18.4. The quantitative estimate of drug-likeness (QED) is 0.216. The second kappa shape index (κ2) is 16.7. The van der Waals surface area contributed by atoms with E-state index in [0.29, 0.717) is 12.5 Å². The summed E-state index contributed by atoms with van der Waals surface area (Å²) in [6, 6.07) is 17.5. The Hall–Kier alpha value is -4.27. The van der Waals surface area contributed by atoms with Crippen LogP contribution >= 0.6 is 0 Å². The van der Waals surface area contributed by atoms with Crippen molar-refractivity contribution in [3.05, 3.63) is 96.0 Å². The molecule has 5 rings (SSSR count). The summed E-state index contributed by atoms with van der Waals surface area (Å²) in [6.07, 6.45) is 12.6. The summed E-state index contributed by atoms with van der Waals surface area (Å²) >= 11 is 0. The average molecular weight is 647 g/mol. The number of nitrogens with zero attached hydrogens (tertiary/aromatic N) is 6. The van der Waals surface area contributed by atoms with E-state index in [2.05, 4.69) is 110 Å². The second-order valence-corrected chi connectivity index (χ2v) is 13.2. The second-order valence-electron chi connectivity index (χ2n) is 13.2. The van der Waals surface area contributed by atoms with Crippen LogP contribution in [0.3, 0.4) is 0 Å². The van der Waals surface area contributed by atoms with Crippen molar-refractivity contribution in [2.45, 2.75) is 66.0 Å². The van der Waals surface area contributed by atoms with Crippen LogP contribution in [0.1, 0.15) is 64.5 Å². The van der Waals surface area contributed by atoms with Gasteiger partial charge in [0, 0.05) is 49.9 Å².